The summed E-state index contributed by atoms with van der Waals surface area (Å²) in [6.45, 7) is 5.18. The number of halogens is 3. The van der Waals surface area contributed by atoms with Crippen LogP contribution in [0.5, 0.6) is 0 Å². The molecule has 132 valence electrons. The minimum absolute atomic E-state index is 0.0343. The molecule has 4 nitrogen and oxygen atoms in total. The third kappa shape index (κ3) is 3.58. The van der Waals surface area contributed by atoms with Crippen molar-refractivity contribution in [1.29, 1.82) is 0 Å². The number of aryl methyl sites for hydroxylation is 2. The monoisotopic (exact) mass is 366 g/mol. The maximum absolute atomic E-state index is 14.1. The van der Waals surface area contributed by atoms with Gasteiger partial charge in [-0.05, 0) is 62.9 Å². The van der Waals surface area contributed by atoms with E-state index in [0.29, 0.717) is 29.7 Å². The van der Waals surface area contributed by atoms with Crippen LogP contribution in [0.1, 0.15) is 31.9 Å². The van der Waals surface area contributed by atoms with Crippen LogP contribution in [0.3, 0.4) is 0 Å². The Bertz CT molecular complexity index is 850. The number of carbonyl (C=O) groups is 1. The summed E-state index contributed by atoms with van der Waals surface area (Å²) in [7, 11) is 0. The molecule has 1 aromatic carbocycles. The Kier molecular flexibility index (Phi) is 4.41. The average Bonchev–Trinajstić information content (AvgIpc) is 2.63. The fourth-order valence-electron chi connectivity index (χ4n) is 2.72. The van der Waals surface area contributed by atoms with Crippen LogP contribution in [0.15, 0.2) is 24.4 Å². The lowest BCUT2D eigenvalue weighted by Gasteiger charge is -2.28. The third-order valence-corrected chi connectivity index (χ3v) is 4.01. The predicted octanol–water partition coefficient (Wildman–Crippen LogP) is 5.19. The number of fused-ring (bicyclic) bond motifs is 2. The zero-order valence-corrected chi connectivity index (χ0v) is 14.8. The normalized spacial score (nSPS) is 13.8. The SMILES string of the molecule is CC(C)(C)OC(=O)N1c2cc(F)c(Cl)cc2CCc2cc(F)cnc21. The minimum Gasteiger partial charge on any atom is -0.443 e. The number of hydrogen-bond donors (Lipinski definition) is 0. The molecular weight excluding hydrogens is 350 g/mol. The van der Waals surface area contributed by atoms with Crippen LogP contribution in [-0.4, -0.2) is 16.7 Å². The highest BCUT2D eigenvalue weighted by molar-refractivity contribution is 6.31. The number of nitrogens with zero attached hydrogens (tertiary/aromatic N) is 2. The first-order valence-electron chi connectivity index (χ1n) is 7.81. The van der Waals surface area contributed by atoms with Crippen molar-refractivity contribution in [2.45, 2.75) is 39.2 Å². The predicted molar refractivity (Wildman–Crippen MR) is 91.4 cm³/mol. The number of pyridine rings is 1. The second-order valence-electron chi connectivity index (χ2n) is 6.85. The largest absolute Gasteiger partial charge is 0.443 e. The van der Waals surface area contributed by atoms with Gasteiger partial charge in [-0.25, -0.2) is 23.5 Å². The number of ether oxygens (including phenoxy) is 1. The molecule has 7 heteroatoms. The van der Waals surface area contributed by atoms with Gasteiger partial charge in [0.2, 0.25) is 0 Å². The Morgan fingerprint density at radius 1 is 1.20 bits per heavy atom. The lowest BCUT2D eigenvalue weighted by molar-refractivity contribution is 0.0598. The highest BCUT2D eigenvalue weighted by Gasteiger charge is 2.32. The first-order valence-corrected chi connectivity index (χ1v) is 8.19. The maximum Gasteiger partial charge on any atom is 0.420 e. The lowest BCUT2D eigenvalue weighted by Crippen LogP contribution is -2.35. The molecule has 1 aliphatic rings. The van der Waals surface area contributed by atoms with E-state index in [9.17, 15) is 13.6 Å². The molecule has 1 aliphatic heterocycles. The third-order valence-electron chi connectivity index (χ3n) is 3.72. The van der Waals surface area contributed by atoms with Crippen LogP contribution in [0.25, 0.3) is 0 Å². The van der Waals surface area contributed by atoms with E-state index in [1.807, 2.05) is 0 Å². The summed E-state index contributed by atoms with van der Waals surface area (Å²) in [4.78, 5) is 18.0. The molecule has 1 amide bonds. The molecule has 0 bridgehead atoms. The quantitative estimate of drug-likeness (QED) is 0.644. The van der Waals surface area contributed by atoms with E-state index in [0.717, 1.165) is 6.20 Å². The van der Waals surface area contributed by atoms with Crippen molar-refractivity contribution < 1.29 is 18.3 Å². The summed E-state index contributed by atoms with van der Waals surface area (Å²) in [5.74, 6) is -0.922. The zero-order chi connectivity index (χ0) is 18.4. The molecule has 25 heavy (non-hydrogen) atoms. The Hall–Kier alpha value is -2.21. The molecular formula is C18H17ClF2N2O2. The molecule has 3 rings (SSSR count). The van der Waals surface area contributed by atoms with E-state index in [1.54, 1.807) is 20.8 Å². The standard InChI is InChI=1S/C18H17ClF2N2O2/c1-18(2,3)25-17(24)23-15-8-14(21)13(19)7-10(15)4-5-11-6-12(20)9-22-16(11)23/h6-9H,4-5H2,1-3H3. The van der Waals surface area contributed by atoms with Gasteiger partial charge in [-0.15, -0.1) is 0 Å². The molecule has 1 aromatic heterocycles. The Labute approximate surface area is 149 Å². The van der Waals surface area contributed by atoms with Crippen molar-refractivity contribution in [3.05, 3.63) is 52.2 Å². The summed E-state index contributed by atoms with van der Waals surface area (Å²) in [6, 6.07) is 3.98. The summed E-state index contributed by atoms with van der Waals surface area (Å²) < 4.78 is 33.1. The van der Waals surface area contributed by atoms with Gasteiger partial charge in [0.25, 0.3) is 0 Å². The number of benzene rings is 1. The van der Waals surface area contributed by atoms with Crippen LogP contribution in [0.2, 0.25) is 5.02 Å². The molecule has 2 aromatic rings. The summed E-state index contributed by atoms with van der Waals surface area (Å²) in [6.07, 6.45) is 1.21. The van der Waals surface area contributed by atoms with Crippen molar-refractivity contribution in [2.75, 3.05) is 4.90 Å². The highest BCUT2D eigenvalue weighted by Crippen LogP contribution is 2.38. The van der Waals surface area contributed by atoms with Gasteiger partial charge in [-0.1, -0.05) is 11.6 Å². The number of carbonyl (C=O) groups excluding carboxylic acids is 1. The van der Waals surface area contributed by atoms with E-state index >= 15 is 0 Å². The fraction of sp³-hybridized carbons (Fsp3) is 0.333. The molecule has 0 saturated heterocycles. The average molecular weight is 367 g/mol. The van der Waals surface area contributed by atoms with Gasteiger partial charge in [0.05, 0.1) is 16.9 Å². The molecule has 0 N–H and O–H groups in total. The number of rotatable bonds is 0. The number of aromatic nitrogens is 1. The smallest absolute Gasteiger partial charge is 0.420 e. The van der Waals surface area contributed by atoms with Crippen LogP contribution < -0.4 is 4.90 Å². The van der Waals surface area contributed by atoms with E-state index in [2.05, 4.69) is 4.98 Å². The summed E-state index contributed by atoms with van der Waals surface area (Å²) >= 11 is 5.88. The highest BCUT2D eigenvalue weighted by atomic mass is 35.5. The van der Waals surface area contributed by atoms with Crippen LogP contribution in [0, 0.1) is 11.6 Å². The Morgan fingerprint density at radius 3 is 2.56 bits per heavy atom. The number of anilines is 2. The number of amides is 1. The molecule has 0 atom stereocenters. The van der Waals surface area contributed by atoms with Crippen LogP contribution >= 0.6 is 11.6 Å². The van der Waals surface area contributed by atoms with Crippen molar-refractivity contribution in [2.24, 2.45) is 0 Å². The summed E-state index contributed by atoms with van der Waals surface area (Å²) in [5.41, 5.74) is 0.748. The van der Waals surface area contributed by atoms with E-state index < -0.39 is 23.3 Å². The van der Waals surface area contributed by atoms with Gasteiger partial charge in [0, 0.05) is 0 Å². The van der Waals surface area contributed by atoms with Gasteiger partial charge < -0.3 is 4.74 Å². The second kappa shape index (κ2) is 6.26. The van der Waals surface area contributed by atoms with Gasteiger partial charge in [-0.2, -0.15) is 0 Å². The second-order valence-corrected chi connectivity index (χ2v) is 7.25. The first-order chi connectivity index (χ1) is 11.7. The number of hydrogen-bond acceptors (Lipinski definition) is 3. The topological polar surface area (TPSA) is 42.4 Å². The van der Waals surface area contributed by atoms with Crippen LogP contribution in [-0.2, 0) is 17.6 Å². The molecule has 0 aliphatic carbocycles. The van der Waals surface area contributed by atoms with Gasteiger partial charge in [0.1, 0.15) is 23.1 Å². The van der Waals surface area contributed by atoms with Crippen molar-refractivity contribution >= 4 is 29.2 Å². The maximum atomic E-state index is 14.1. The van der Waals surface area contributed by atoms with Crippen molar-refractivity contribution in [3.63, 3.8) is 0 Å². The molecule has 0 saturated carbocycles. The summed E-state index contributed by atoms with van der Waals surface area (Å²) in [5, 5.41) is -0.0343. The van der Waals surface area contributed by atoms with Crippen molar-refractivity contribution in [3.8, 4) is 0 Å². The first kappa shape index (κ1) is 17.6. The fourth-order valence-corrected chi connectivity index (χ4v) is 2.91. The minimum atomic E-state index is -0.755. The molecule has 0 spiro atoms. The van der Waals surface area contributed by atoms with Gasteiger partial charge in [-0.3, -0.25) is 0 Å². The Balaban J connectivity index is 2.19. The van der Waals surface area contributed by atoms with Gasteiger partial charge in [0.15, 0.2) is 0 Å². The van der Waals surface area contributed by atoms with E-state index in [1.165, 1.54) is 23.1 Å². The lowest BCUT2D eigenvalue weighted by atomic mass is 10.1. The van der Waals surface area contributed by atoms with Crippen molar-refractivity contribution in [1.82, 2.24) is 4.98 Å². The van der Waals surface area contributed by atoms with Gasteiger partial charge >= 0.3 is 6.09 Å². The van der Waals surface area contributed by atoms with E-state index in [4.69, 9.17) is 16.3 Å². The molecule has 0 unspecified atom stereocenters. The zero-order valence-electron chi connectivity index (χ0n) is 14.1. The molecule has 0 radical (unpaired) electrons. The Morgan fingerprint density at radius 2 is 1.88 bits per heavy atom. The van der Waals surface area contributed by atoms with Crippen LogP contribution in [0.4, 0.5) is 25.1 Å². The van der Waals surface area contributed by atoms with E-state index in [-0.39, 0.29) is 10.8 Å². The molecule has 2 heterocycles. The molecule has 0 fully saturated rings.